The van der Waals surface area contributed by atoms with E-state index in [1.807, 2.05) is 43.3 Å². The Bertz CT molecular complexity index is 1480. The van der Waals surface area contributed by atoms with Gasteiger partial charge >= 0.3 is 0 Å². The highest BCUT2D eigenvalue weighted by Gasteiger charge is 2.34. The molecule has 8 nitrogen and oxygen atoms in total. The van der Waals surface area contributed by atoms with Gasteiger partial charge in [-0.15, -0.1) is 0 Å². The van der Waals surface area contributed by atoms with Gasteiger partial charge in [-0.2, -0.15) is 0 Å². The third-order valence-electron chi connectivity index (χ3n) is 6.27. The van der Waals surface area contributed by atoms with Crippen molar-refractivity contribution in [1.82, 2.24) is 19.7 Å². The quantitative estimate of drug-likeness (QED) is 0.505. The number of nitrogens with one attached hydrogen (secondary N) is 2. The number of aromatic nitrogens is 3. The highest BCUT2D eigenvalue weighted by Crippen LogP contribution is 2.39. The zero-order chi connectivity index (χ0) is 23.1. The summed E-state index contributed by atoms with van der Waals surface area (Å²) in [6.07, 6.45) is 0.691. The van der Waals surface area contributed by atoms with E-state index in [2.05, 4.69) is 16.1 Å². The molecular weight excluding hydrogens is 420 g/mol. The lowest BCUT2D eigenvalue weighted by Gasteiger charge is -2.36. The molecule has 0 aliphatic carbocycles. The van der Waals surface area contributed by atoms with Crippen LogP contribution in [0.25, 0.3) is 10.9 Å². The number of fused-ring (bicyclic) bond motifs is 3. The van der Waals surface area contributed by atoms with Crippen molar-refractivity contribution in [2.75, 3.05) is 13.7 Å². The first kappa shape index (κ1) is 20.8. The second-order valence-electron chi connectivity index (χ2n) is 8.27. The normalized spacial score (nSPS) is 15.5. The fourth-order valence-corrected chi connectivity index (χ4v) is 4.73. The zero-order valence-corrected chi connectivity index (χ0v) is 18.4. The third kappa shape index (κ3) is 3.63. The molecule has 0 spiro atoms. The molecule has 168 valence electrons. The van der Waals surface area contributed by atoms with Crippen molar-refractivity contribution in [1.29, 1.82) is 0 Å². The smallest absolute Gasteiger partial charge is 0.265 e. The number of para-hydroxylation sites is 1. The number of carbonyl (C=O) groups is 1. The van der Waals surface area contributed by atoms with Gasteiger partial charge in [0.15, 0.2) is 0 Å². The number of hydrogen-bond donors (Lipinski definition) is 2. The fraction of sp³-hybridized carbons (Fsp3) is 0.240. The van der Waals surface area contributed by atoms with Crippen LogP contribution in [0.15, 0.2) is 64.2 Å². The summed E-state index contributed by atoms with van der Waals surface area (Å²) in [5, 5.41) is 3.59. The van der Waals surface area contributed by atoms with Crippen LogP contribution in [0, 0.1) is 6.92 Å². The van der Waals surface area contributed by atoms with E-state index in [0.29, 0.717) is 13.0 Å². The van der Waals surface area contributed by atoms with Crippen LogP contribution in [0.3, 0.4) is 0 Å². The number of carbonyl (C=O) groups excluding carboxylic acids is 1. The van der Waals surface area contributed by atoms with Crippen LogP contribution in [-0.2, 0) is 17.8 Å². The molecule has 8 heteroatoms. The van der Waals surface area contributed by atoms with E-state index in [9.17, 15) is 14.4 Å². The van der Waals surface area contributed by atoms with E-state index >= 15 is 0 Å². The Kier molecular flexibility index (Phi) is 5.12. The van der Waals surface area contributed by atoms with Crippen molar-refractivity contribution in [3.8, 4) is 5.75 Å². The molecule has 1 atom stereocenters. The van der Waals surface area contributed by atoms with Gasteiger partial charge in [0.2, 0.25) is 5.91 Å². The van der Waals surface area contributed by atoms with Crippen LogP contribution in [-0.4, -0.2) is 39.2 Å². The molecule has 0 saturated heterocycles. The zero-order valence-electron chi connectivity index (χ0n) is 18.4. The average molecular weight is 444 g/mol. The number of amides is 1. The van der Waals surface area contributed by atoms with Crippen LogP contribution in [0.1, 0.15) is 28.4 Å². The van der Waals surface area contributed by atoms with Crippen LogP contribution in [0.2, 0.25) is 0 Å². The van der Waals surface area contributed by atoms with E-state index in [0.717, 1.165) is 44.2 Å². The van der Waals surface area contributed by atoms with Crippen molar-refractivity contribution in [3.05, 3.63) is 97.7 Å². The summed E-state index contributed by atoms with van der Waals surface area (Å²) in [7, 11) is 1.63. The lowest BCUT2D eigenvalue weighted by atomic mass is 9.91. The SMILES string of the molecule is COc1ccc([C@H]2c3[nH]c4ccccc4c3CCN2C(=O)Cn2[nH]c(=O)ccc2=O)cc1C. The number of benzene rings is 2. The molecule has 4 aromatic rings. The van der Waals surface area contributed by atoms with Gasteiger partial charge in [0.05, 0.1) is 13.2 Å². The van der Waals surface area contributed by atoms with E-state index < -0.39 is 11.1 Å². The van der Waals surface area contributed by atoms with Crippen molar-refractivity contribution in [3.63, 3.8) is 0 Å². The van der Waals surface area contributed by atoms with Gasteiger partial charge in [-0.3, -0.25) is 19.5 Å². The summed E-state index contributed by atoms with van der Waals surface area (Å²) in [5.41, 5.74) is 4.24. The first-order chi connectivity index (χ1) is 16.0. The minimum atomic E-state index is -0.429. The Labute approximate surface area is 189 Å². The Balaban J connectivity index is 1.61. The molecule has 2 N–H and O–H groups in total. The number of ether oxygens (including phenoxy) is 1. The maximum absolute atomic E-state index is 13.5. The Morgan fingerprint density at radius 3 is 2.73 bits per heavy atom. The molecule has 0 fully saturated rings. The van der Waals surface area contributed by atoms with Gasteiger partial charge < -0.3 is 14.6 Å². The molecular formula is C25H24N4O4. The molecule has 0 radical (unpaired) electrons. The van der Waals surface area contributed by atoms with E-state index in [4.69, 9.17) is 4.74 Å². The largest absolute Gasteiger partial charge is 0.496 e. The van der Waals surface area contributed by atoms with Crippen LogP contribution in [0.4, 0.5) is 0 Å². The summed E-state index contributed by atoms with van der Waals surface area (Å²) >= 11 is 0. The number of aromatic amines is 2. The predicted molar refractivity (Wildman–Crippen MR) is 125 cm³/mol. The van der Waals surface area contributed by atoms with Crippen LogP contribution >= 0.6 is 0 Å². The maximum atomic E-state index is 13.5. The lowest BCUT2D eigenvalue weighted by Crippen LogP contribution is -2.44. The number of H-pyrrole nitrogens is 2. The van der Waals surface area contributed by atoms with Crippen molar-refractivity contribution < 1.29 is 9.53 Å². The average Bonchev–Trinajstić information content (AvgIpc) is 3.19. The molecule has 5 rings (SSSR count). The van der Waals surface area contributed by atoms with Crippen molar-refractivity contribution in [2.45, 2.75) is 25.9 Å². The predicted octanol–water partition coefficient (Wildman–Crippen LogP) is 2.51. The van der Waals surface area contributed by atoms with Gasteiger partial charge in [0.1, 0.15) is 12.3 Å². The topological polar surface area (TPSA) is 100 Å². The minimum Gasteiger partial charge on any atom is -0.496 e. The minimum absolute atomic E-state index is 0.240. The standard InChI is InChI=1S/C25H24N4O4/c1-15-13-16(7-8-20(15)33-2)25-24-18(17-5-3-4-6-19(17)26-24)11-12-28(25)23(32)14-29-22(31)10-9-21(30)27-29/h3-10,13,25-26H,11-12,14H2,1-2H3,(H,27,30)/t25-/m0/s1. The molecule has 3 heterocycles. The summed E-state index contributed by atoms with van der Waals surface area (Å²) in [4.78, 5) is 42.6. The van der Waals surface area contributed by atoms with Gasteiger partial charge in [0, 0.05) is 35.3 Å². The molecule has 0 bridgehead atoms. The molecule has 1 amide bonds. The Hall–Kier alpha value is -4.07. The second-order valence-corrected chi connectivity index (χ2v) is 8.27. The molecule has 0 unspecified atom stereocenters. The summed E-state index contributed by atoms with van der Waals surface area (Å²) < 4.78 is 6.48. The number of nitrogens with zero attached hydrogens (tertiary/aromatic N) is 2. The van der Waals surface area contributed by atoms with Gasteiger partial charge in [-0.25, -0.2) is 4.68 Å². The highest BCUT2D eigenvalue weighted by atomic mass is 16.5. The number of hydrogen-bond acceptors (Lipinski definition) is 4. The van der Waals surface area contributed by atoms with Gasteiger partial charge in [-0.05, 0) is 48.2 Å². The molecule has 33 heavy (non-hydrogen) atoms. The maximum Gasteiger partial charge on any atom is 0.265 e. The first-order valence-corrected chi connectivity index (χ1v) is 10.8. The summed E-state index contributed by atoms with van der Waals surface area (Å²) in [5.74, 6) is 0.527. The van der Waals surface area contributed by atoms with Gasteiger partial charge in [0.25, 0.3) is 11.1 Å². The monoisotopic (exact) mass is 444 g/mol. The molecule has 2 aromatic carbocycles. The number of methoxy groups -OCH3 is 1. The van der Waals surface area contributed by atoms with Gasteiger partial charge in [-0.1, -0.05) is 24.3 Å². The van der Waals surface area contributed by atoms with E-state index in [1.165, 1.54) is 11.6 Å². The summed E-state index contributed by atoms with van der Waals surface area (Å²) in [6, 6.07) is 16.0. The molecule has 1 aliphatic heterocycles. The Morgan fingerprint density at radius 2 is 1.94 bits per heavy atom. The first-order valence-electron chi connectivity index (χ1n) is 10.8. The van der Waals surface area contributed by atoms with Crippen LogP contribution in [0.5, 0.6) is 5.75 Å². The van der Waals surface area contributed by atoms with Crippen molar-refractivity contribution in [2.24, 2.45) is 0 Å². The summed E-state index contributed by atoms with van der Waals surface area (Å²) in [6.45, 7) is 2.23. The number of rotatable bonds is 4. The Morgan fingerprint density at radius 1 is 1.12 bits per heavy atom. The molecule has 2 aromatic heterocycles. The molecule has 0 saturated carbocycles. The van der Waals surface area contributed by atoms with Crippen molar-refractivity contribution >= 4 is 16.8 Å². The van der Waals surface area contributed by atoms with E-state index in [1.54, 1.807) is 12.0 Å². The lowest BCUT2D eigenvalue weighted by molar-refractivity contribution is -0.134. The third-order valence-corrected chi connectivity index (χ3v) is 6.27. The number of aryl methyl sites for hydroxylation is 1. The fourth-order valence-electron chi connectivity index (χ4n) is 4.73. The molecule has 1 aliphatic rings. The highest BCUT2D eigenvalue weighted by molar-refractivity contribution is 5.86. The second kappa shape index (κ2) is 8.12. The van der Waals surface area contributed by atoms with Crippen LogP contribution < -0.4 is 15.9 Å². The van der Waals surface area contributed by atoms with E-state index in [-0.39, 0.29) is 18.5 Å².